The summed E-state index contributed by atoms with van der Waals surface area (Å²) in [5, 5.41) is 0. The molecule has 1 radical (unpaired) electrons. The van der Waals surface area contributed by atoms with Crippen LogP contribution in [0.5, 0.6) is 0 Å². The summed E-state index contributed by atoms with van der Waals surface area (Å²) in [7, 11) is 2.09. The molecule has 3 heteroatoms. The fourth-order valence-electron chi connectivity index (χ4n) is 1.69. The number of hydrogen-bond acceptors (Lipinski definition) is 2. The second-order valence-corrected chi connectivity index (χ2v) is 3.67. The van der Waals surface area contributed by atoms with E-state index in [1.165, 1.54) is 6.07 Å². The number of rotatable bonds is 1. The van der Waals surface area contributed by atoms with Crippen LogP contribution in [0.15, 0.2) is 18.2 Å². The van der Waals surface area contributed by atoms with Crippen LogP contribution in [0.2, 0.25) is 0 Å². The van der Waals surface area contributed by atoms with Crippen molar-refractivity contribution in [2.75, 3.05) is 38.1 Å². The SMILES string of the molecule is CN1CCN(c2c[c]ccc2F)CC1. The molecule has 0 amide bonds. The normalized spacial score (nSPS) is 18.6. The molecule has 1 aliphatic rings. The molecule has 0 aliphatic carbocycles. The molecule has 0 spiro atoms. The molecule has 1 fully saturated rings. The maximum absolute atomic E-state index is 13.4. The summed E-state index contributed by atoms with van der Waals surface area (Å²) in [5.74, 6) is -0.145. The van der Waals surface area contributed by atoms with Crippen LogP contribution in [-0.4, -0.2) is 38.1 Å². The molecular weight excluding hydrogens is 179 g/mol. The molecule has 0 unspecified atom stereocenters. The zero-order valence-electron chi connectivity index (χ0n) is 8.33. The third-order valence-electron chi connectivity index (χ3n) is 2.63. The first-order chi connectivity index (χ1) is 6.77. The summed E-state index contributed by atoms with van der Waals surface area (Å²) in [6.45, 7) is 3.78. The van der Waals surface area contributed by atoms with E-state index in [0.717, 1.165) is 26.2 Å². The molecule has 0 N–H and O–H groups in total. The second kappa shape index (κ2) is 3.96. The van der Waals surface area contributed by atoms with Gasteiger partial charge in [0.2, 0.25) is 0 Å². The maximum atomic E-state index is 13.4. The largest absolute Gasteiger partial charge is 0.367 e. The van der Waals surface area contributed by atoms with Crippen LogP contribution in [0.4, 0.5) is 10.1 Å². The first-order valence-corrected chi connectivity index (χ1v) is 4.86. The number of nitrogens with zero attached hydrogens (tertiary/aromatic N) is 2. The van der Waals surface area contributed by atoms with Crippen molar-refractivity contribution in [3.63, 3.8) is 0 Å². The fraction of sp³-hybridized carbons (Fsp3) is 0.455. The van der Waals surface area contributed by atoms with Gasteiger partial charge in [-0.3, -0.25) is 0 Å². The monoisotopic (exact) mass is 193 g/mol. The predicted molar refractivity (Wildman–Crippen MR) is 54.9 cm³/mol. The molecule has 2 nitrogen and oxygen atoms in total. The number of benzene rings is 1. The Morgan fingerprint density at radius 2 is 2.00 bits per heavy atom. The maximum Gasteiger partial charge on any atom is 0.146 e. The van der Waals surface area contributed by atoms with E-state index in [0.29, 0.717) is 5.69 Å². The van der Waals surface area contributed by atoms with E-state index in [1.54, 1.807) is 12.1 Å². The van der Waals surface area contributed by atoms with Gasteiger partial charge in [0.15, 0.2) is 0 Å². The van der Waals surface area contributed by atoms with E-state index in [-0.39, 0.29) is 5.82 Å². The molecule has 0 aromatic heterocycles. The Balaban J connectivity index is 2.12. The molecule has 1 aromatic carbocycles. The highest BCUT2D eigenvalue weighted by molar-refractivity contribution is 5.47. The number of piperazine rings is 1. The van der Waals surface area contributed by atoms with Crippen LogP contribution in [0.1, 0.15) is 0 Å². The van der Waals surface area contributed by atoms with Crippen molar-refractivity contribution < 1.29 is 4.39 Å². The van der Waals surface area contributed by atoms with Crippen LogP contribution >= 0.6 is 0 Å². The van der Waals surface area contributed by atoms with Gasteiger partial charge in [0.25, 0.3) is 0 Å². The van der Waals surface area contributed by atoms with E-state index in [1.807, 2.05) is 0 Å². The van der Waals surface area contributed by atoms with E-state index in [9.17, 15) is 4.39 Å². The Bertz CT molecular complexity index is 306. The summed E-state index contributed by atoms with van der Waals surface area (Å²) < 4.78 is 13.4. The second-order valence-electron chi connectivity index (χ2n) is 3.67. The Labute approximate surface area is 83.9 Å². The Morgan fingerprint density at radius 1 is 1.29 bits per heavy atom. The van der Waals surface area contributed by atoms with Crippen LogP contribution in [0.3, 0.4) is 0 Å². The lowest BCUT2D eigenvalue weighted by Crippen LogP contribution is -2.44. The first-order valence-electron chi connectivity index (χ1n) is 4.86. The molecule has 0 saturated carbocycles. The molecule has 1 aliphatic heterocycles. The molecule has 75 valence electrons. The molecule has 1 heterocycles. The zero-order chi connectivity index (χ0) is 9.97. The molecule has 1 saturated heterocycles. The van der Waals surface area contributed by atoms with Gasteiger partial charge in [0, 0.05) is 26.2 Å². The average Bonchev–Trinajstić information content (AvgIpc) is 2.20. The first kappa shape index (κ1) is 9.46. The van der Waals surface area contributed by atoms with Crippen molar-refractivity contribution in [1.82, 2.24) is 4.90 Å². The van der Waals surface area contributed by atoms with Crippen molar-refractivity contribution in [1.29, 1.82) is 0 Å². The van der Waals surface area contributed by atoms with Gasteiger partial charge in [-0.2, -0.15) is 0 Å². The number of anilines is 1. The van der Waals surface area contributed by atoms with Crippen molar-refractivity contribution in [2.24, 2.45) is 0 Å². The van der Waals surface area contributed by atoms with Crippen molar-refractivity contribution in [2.45, 2.75) is 0 Å². The summed E-state index contributed by atoms with van der Waals surface area (Å²) in [6.07, 6.45) is 0. The lowest BCUT2D eigenvalue weighted by Gasteiger charge is -2.34. The van der Waals surface area contributed by atoms with Crippen molar-refractivity contribution in [3.05, 3.63) is 30.1 Å². The van der Waals surface area contributed by atoms with E-state index in [2.05, 4.69) is 22.9 Å². The van der Waals surface area contributed by atoms with Crippen LogP contribution < -0.4 is 4.90 Å². The van der Waals surface area contributed by atoms with Gasteiger partial charge < -0.3 is 9.80 Å². The Morgan fingerprint density at radius 3 is 2.64 bits per heavy atom. The summed E-state index contributed by atoms with van der Waals surface area (Å²) in [5.41, 5.74) is 0.681. The van der Waals surface area contributed by atoms with Crippen LogP contribution in [0, 0.1) is 11.9 Å². The summed E-state index contributed by atoms with van der Waals surface area (Å²) in [6, 6.07) is 7.71. The standard InChI is InChI=1S/C11H14FN2/c1-13-6-8-14(9-7-13)11-5-3-2-4-10(11)12/h2,4-5H,6-9H2,1H3. The number of halogens is 1. The van der Waals surface area contributed by atoms with Gasteiger partial charge in [0.1, 0.15) is 5.82 Å². The lowest BCUT2D eigenvalue weighted by molar-refractivity contribution is 0.311. The third kappa shape index (κ3) is 1.87. The van der Waals surface area contributed by atoms with Gasteiger partial charge in [0.05, 0.1) is 5.69 Å². The summed E-state index contributed by atoms with van der Waals surface area (Å²) >= 11 is 0. The molecule has 1 aromatic rings. The van der Waals surface area contributed by atoms with Crippen molar-refractivity contribution >= 4 is 5.69 Å². The van der Waals surface area contributed by atoms with E-state index < -0.39 is 0 Å². The number of hydrogen-bond donors (Lipinski definition) is 0. The van der Waals surface area contributed by atoms with Gasteiger partial charge in [-0.05, 0) is 25.2 Å². The highest BCUT2D eigenvalue weighted by atomic mass is 19.1. The summed E-state index contributed by atoms with van der Waals surface area (Å²) in [4.78, 5) is 4.33. The molecular formula is C11H14FN2. The van der Waals surface area contributed by atoms with Gasteiger partial charge in [-0.15, -0.1) is 0 Å². The van der Waals surface area contributed by atoms with Crippen LogP contribution in [0.25, 0.3) is 0 Å². The zero-order valence-corrected chi connectivity index (χ0v) is 8.33. The van der Waals surface area contributed by atoms with E-state index >= 15 is 0 Å². The van der Waals surface area contributed by atoms with Crippen molar-refractivity contribution in [3.8, 4) is 0 Å². The fourth-order valence-corrected chi connectivity index (χ4v) is 1.69. The molecule has 2 rings (SSSR count). The Kier molecular flexibility index (Phi) is 2.68. The topological polar surface area (TPSA) is 6.48 Å². The Hall–Kier alpha value is -1.09. The van der Waals surface area contributed by atoms with Gasteiger partial charge in [-0.1, -0.05) is 6.07 Å². The minimum absolute atomic E-state index is 0.145. The van der Waals surface area contributed by atoms with Crippen LogP contribution in [-0.2, 0) is 0 Å². The quantitative estimate of drug-likeness (QED) is 0.664. The lowest BCUT2D eigenvalue weighted by atomic mass is 10.2. The highest BCUT2D eigenvalue weighted by Crippen LogP contribution is 2.19. The smallest absolute Gasteiger partial charge is 0.146 e. The average molecular weight is 193 g/mol. The molecule has 0 atom stereocenters. The highest BCUT2D eigenvalue weighted by Gasteiger charge is 2.16. The van der Waals surface area contributed by atoms with Gasteiger partial charge >= 0.3 is 0 Å². The minimum Gasteiger partial charge on any atom is -0.367 e. The van der Waals surface area contributed by atoms with E-state index in [4.69, 9.17) is 0 Å². The third-order valence-corrected chi connectivity index (χ3v) is 2.63. The number of likely N-dealkylation sites (N-methyl/N-ethyl adjacent to an activating group) is 1. The van der Waals surface area contributed by atoms with Gasteiger partial charge in [-0.25, -0.2) is 4.39 Å². The predicted octanol–water partition coefficient (Wildman–Crippen LogP) is 1.38. The molecule has 14 heavy (non-hydrogen) atoms. The molecule has 0 bridgehead atoms. The minimum atomic E-state index is -0.145.